The molecule has 47 heavy (non-hydrogen) atoms. The lowest BCUT2D eigenvalue weighted by Gasteiger charge is -2.25. The highest BCUT2D eigenvalue weighted by molar-refractivity contribution is 8.13. The predicted molar refractivity (Wildman–Crippen MR) is 180 cm³/mol. The van der Waals surface area contributed by atoms with E-state index in [0.29, 0.717) is 24.2 Å². The van der Waals surface area contributed by atoms with E-state index in [4.69, 9.17) is 29.0 Å². The Hall–Kier alpha value is -3.27. The van der Waals surface area contributed by atoms with E-state index >= 15 is 0 Å². The standard InChI is InChI=1S/C30H46N7O8PS/c1-7-23(45-21(4)37-20-33-24-25(37)35-28(31)36-26(24)41-8-2)18-44-46(40,34-17-22-13-11-10-12-14-22)43-15-16-47-27(38)30(5,6)19-32-29(39)42-9-3/h10-14,20-21,23H,7-9,15-19H2,1-6H3,(H,32,39)(H,34,40)(H2,31,35,36). The van der Waals surface area contributed by atoms with Crippen LogP contribution in [-0.2, 0) is 34.4 Å². The molecule has 3 unspecified atom stereocenters. The number of imidazole rings is 1. The van der Waals surface area contributed by atoms with E-state index in [1.807, 2.05) is 51.1 Å². The van der Waals surface area contributed by atoms with Gasteiger partial charge in [0.05, 0.1) is 44.3 Å². The van der Waals surface area contributed by atoms with Crippen LogP contribution >= 0.6 is 19.5 Å². The van der Waals surface area contributed by atoms with E-state index in [9.17, 15) is 14.2 Å². The molecular weight excluding hydrogens is 649 g/mol. The molecule has 260 valence electrons. The smallest absolute Gasteiger partial charge is 0.407 e. The van der Waals surface area contributed by atoms with Crippen LogP contribution in [-0.4, -0.2) is 75.6 Å². The Morgan fingerprint density at radius 3 is 2.53 bits per heavy atom. The zero-order chi connectivity index (χ0) is 34.5. The van der Waals surface area contributed by atoms with Gasteiger partial charge in [-0.2, -0.15) is 9.97 Å². The summed E-state index contributed by atoms with van der Waals surface area (Å²) in [5.41, 5.74) is 6.85. The number of carbonyl (C=O) groups is 2. The van der Waals surface area contributed by atoms with Gasteiger partial charge in [-0.25, -0.2) is 19.4 Å². The molecule has 2 heterocycles. The molecule has 17 heteroatoms. The Morgan fingerprint density at radius 1 is 1.11 bits per heavy atom. The van der Waals surface area contributed by atoms with Gasteiger partial charge in [-0.3, -0.25) is 18.4 Å². The van der Waals surface area contributed by atoms with Crippen LogP contribution in [0.15, 0.2) is 36.7 Å². The van der Waals surface area contributed by atoms with Crippen LogP contribution in [0.25, 0.3) is 11.2 Å². The molecule has 0 aliphatic carbocycles. The van der Waals surface area contributed by atoms with Gasteiger partial charge in [0.1, 0.15) is 6.23 Å². The molecule has 2 aromatic heterocycles. The highest BCUT2D eigenvalue weighted by Gasteiger charge is 2.30. The van der Waals surface area contributed by atoms with E-state index in [1.165, 1.54) is 0 Å². The van der Waals surface area contributed by atoms with Gasteiger partial charge < -0.3 is 25.3 Å². The zero-order valence-electron chi connectivity index (χ0n) is 27.8. The molecule has 4 N–H and O–H groups in total. The van der Waals surface area contributed by atoms with E-state index in [1.54, 1.807) is 31.7 Å². The van der Waals surface area contributed by atoms with E-state index < -0.39 is 31.6 Å². The van der Waals surface area contributed by atoms with Crippen LogP contribution in [0.2, 0.25) is 0 Å². The van der Waals surface area contributed by atoms with Crippen molar-refractivity contribution in [1.29, 1.82) is 0 Å². The van der Waals surface area contributed by atoms with Crippen molar-refractivity contribution >= 4 is 47.8 Å². The fraction of sp³-hybridized carbons (Fsp3) is 0.567. The third-order valence-corrected chi connectivity index (χ3v) is 9.50. The van der Waals surface area contributed by atoms with E-state index in [2.05, 4.69) is 25.4 Å². The number of nitrogen functional groups attached to an aromatic ring is 1. The molecule has 1 aromatic carbocycles. The summed E-state index contributed by atoms with van der Waals surface area (Å²) in [6, 6.07) is 9.42. The average Bonchev–Trinajstić information content (AvgIpc) is 3.48. The molecule has 15 nitrogen and oxygen atoms in total. The van der Waals surface area contributed by atoms with Crippen molar-refractivity contribution in [2.75, 3.05) is 44.5 Å². The quantitative estimate of drug-likeness (QED) is 0.105. The first-order chi connectivity index (χ1) is 22.4. The molecule has 0 saturated heterocycles. The summed E-state index contributed by atoms with van der Waals surface area (Å²) in [6.45, 7) is 11.6. The van der Waals surface area contributed by atoms with Crippen LogP contribution in [0.1, 0.15) is 59.8 Å². The molecule has 0 spiro atoms. The van der Waals surface area contributed by atoms with Gasteiger partial charge in [0, 0.05) is 18.8 Å². The highest BCUT2D eigenvalue weighted by Crippen LogP contribution is 2.44. The molecular formula is C30H46N7O8PS. The first-order valence-electron chi connectivity index (χ1n) is 15.5. The topological polar surface area (TPSA) is 191 Å². The van der Waals surface area contributed by atoms with Gasteiger partial charge in [-0.15, -0.1) is 0 Å². The van der Waals surface area contributed by atoms with Gasteiger partial charge in [0.2, 0.25) is 11.8 Å². The lowest BCUT2D eigenvalue weighted by atomic mass is 9.96. The Balaban J connectivity index is 1.62. The van der Waals surface area contributed by atoms with Crippen LogP contribution in [0.4, 0.5) is 10.7 Å². The third-order valence-electron chi connectivity index (χ3n) is 6.75. The van der Waals surface area contributed by atoms with Crippen molar-refractivity contribution < 1.29 is 37.4 Å². The number of aromatic nitrogens is 4. The van der Waals surface area contributed by atoms with Crippen LogP contribution in [0, 0.1) is 5.41 Å². The highest BCUT2D eigenvalue weighted by atomic mass is 32.2. The van der Waals surface area contributed by atoms with Gasteiger partial charge in [-0.1, -0.05) is 62.9 Å². The van der Waals surface area contributed by atoms with Crippen molar-refractivity contribution in [2.45, 2.75) is 66.8 Å². The number of anilines is 1. The van der Waals surface area contributed by atoms with Crippen molar-refractivity contribution in [2.24, 2.45) is 5.41 Å². The summed E-state index contributed by atoms with van der Waals surface area (Å²) in [6.07, 6.45) is 0.505. The molecule has 3 atom stereocenters. The first kappa shape index (κ1) is 38.2. The van der Waals surface area contributed by atoms with Crippen LogP contribution in [0.5, 0.6) is 5.88 Å². The molecule has 1 amide bonds. The summed E-state index contributed by atoms with van der Waals surface area (Å²) in [4.78, 5) is 37.3. The van der Waals surface area contributed by atoms with E-state index in [-0.39, 0.29) is 55.6 Å². The molecule has 3 aromatic rings. The number of nitrogens with two attached hydrogens (primary N) is 1. The number of nitrogens with zero attached hydrogens (tertiary/aromatic N) is 4. The first-order valence-corrected chi connectivity index (χ1v) is 18.0. The monoisotopic (exact) mass is 695 g/mol. The molecule has 0 fully saturated rings. The molecule has 0 aliphatic heterocycles. The average molecular weight is 696 g/mol. The minimum atomic E-state index is -3.85. The fourth-order valence-corrected chi connectivity index (χ4v) is 6.40. The Bertz CT molecular complexity index is 1490. The fourth-order valence-electron chi connectivity index (χ4n) is 4.14. The normalized spacial score (nSPS) is 14.3. The number of rotatable bonds is 20. The van der Waals surface area contributed by atoms with Crippen LogP contribution in [0.3, 0.4) is 0 Å². The minimum absolute atomic E-state index is 0.0325. The number of hydrogen-bond donors (Lipinski definition) is 3. The maximum Gasteiger partial charge on any atom is 0.407 e. The van der Waals surface area contributed by atoms with Crippen LogP contribution < -0.4 is 20.9 Å². The number of nitrogens with one attached hydrogen (secondary N) is 2. The molecule has 0 radical (unpaired) electrons. The minimum Gasteiger partial charge on any atom is -0.476 e. The van der Waals surface area contributed by atoms with Gasteiger partial charge in [0.25, 0.3) is 0 Å². The number of benzene rings is 1. The number of fused-ring (bicyclic) bond motifs is 1. The molecule has 0 saturated carbocycles. The number of hydrogen-bond acceptors (Lipinski definition) is 13. The number of amides is 1. The third kappa shape index (κ3) is 11.7. The lowest BCUT2D eigenvalue weighted by Crippen LogP contribution is -2.38. The van der Waals surface area contributed by atoms with Crippen molar-refractivity contribution in [3.63, 3.8) is 0 Å². The second kappa shape index (κ2) is 18.3. The zero-order valence-corrected chi connectivity index (χ0v) is 29.5. The van der Waals surface area contributed by atoms with Crippen molar-refractivity contribution in [3.8, 4) is 5.88 Å². The number of carbonyl (C=O) groups excluding carboxylic acids is 2. The van der Waals surface area contributed by atoms with Crippen molar-refractivity contribution in [1.82, 2.24) is 29.9 Å². The molecule has 0 aliphatic rings. The molecule has 3 rings (SSSR count). The lowest BCUT2D eigenvalue weighted by molar-refractivity contribution is -0.117. The second-order valence-corrected chi connectivity index (χ2v) is 13.8. The number of ether oxygens (including phenoxy) is 3. The molecule has 0 bridgehead atoms. The Kier molecular flexibility index (Phi) is 14.9. The Morgan fingerprint density at radius 2 is 1.85 bits per heavy atom. The second-order valence-electron chi connectivity index (χ2n) is 11.0. The van der Waals surface area contributed by atoms with E-state index in [0.717, 1.165) is 17.3 Å². The van der Waals surface area contributed by atoms with Crippen molar-refractivity contribution in [3.05, 3.63) is 42.2 Å². The summed E-state index contributed by atoms with van der Waals surface area (Å²) in [7, 11) is -3.85. The summed E-state index contributed by atoms with van der Waals surface area (Å²) in [5, 5.41) is 5.35. The maximum absolute atomic E-state index is 13.9. The number of alkyl carbamates (subject to hydrolysis) is 1. The van der Waals surface area contributed by atoms with Gasteiger partial charge >= 0.3 is 13.8 Å². The SMILES string of the molecule is CCOC(=O)NCC(C)(C)C(=O)SCCOP(=O)(NCc1ccccc1)OCC(CC)OC(C)n1cnc2c(OCC)nc(N)nc21. The van der Waals surface area contributed by atoms with Gasteiger partial charge in [0.15, 0.2) is 16.3 Å². The maximum atomic E-state index is 13.9. The predicted octanol–water partition coefficient (Wildman–Crippen LogP) is 5.08. The largest absolute Gasteiger partial charge is 0.476 e. The summed E-state index contributed by atoms with van der Waals surface area (Å²) >= 11 is 1.02. The number of thioether (sulfide) groups is 1. The van der Waals surface area contributed by atoms with Gasteiger partial charge in [-0.05, 0) is 32.8 Å². The Labute approximate surface area is 279 Å². The summed E-state index contributed by atoms with van der Waals surface area (Å²) in [5.74, 6) is 0.551. The summed E-state index contributed by atoms with van der Waals surface area (Å²) < 4.78 is 43.9.